The normalized spacial score (nSPS) is 20.3. The molecule has 84 heavy (non-hydrogen) atoms. The number of allylic oxidation sites excluding steroid dienone is 6. The highest BCUT2D eigenvalue weighted by atomic mass is 32.2. The first kappa shape index (κ1) is 63.0. The van der Waals surface area contributed by atoms with Crippen LogP contribution in [-0.4, -0.2) is 119 Å². The smallest absolute Gasteiger partial charge is 0.332 e. The van der Waals surface area contributed by atoms with E-state index in [2.05, 4.69) is 31.2 Å². The molecule has 5 aliphatic rings. The van der Waals surface area contributed by atoms with E-state index in [1.54, 1.807) is 16.7 Å². The molecule has 3 saturated carbocycles. The number of hydrogen-bond donors (Lipinski definition) is 6. The van der Waals surface area contributed by atoms with Gasteiger partial charge in [0.15, 0.2) is 11.4 Å². The number of nitrogens with zero attached hydrogens (tertiary/aromatic N) is 5. The molecule has 0 radical (unpaired) electrons. The standard InChI is InChI=1S/C60H80N10O12S2/c1-8-35-69-52-51(53(74)70(36-9-2)56(69)76)65-54(66-52)59-25-28-60(29-26-59,30-27-59)55(75)64-34-33-63-50(73)24-32-62-49(72)23-31-61-48(71)18-14-11-15-37-68-45-22-20-41(84(80,81)82)39-43(45)58(5,6)47(68)17-13-10-12-16-46-57(3,4)42-38-40(83(77,78)79)19-21-44(42)67(46)7/h10,12-13,16-17,19-22,38-39H,8-9,11,14-15,18,23-37H2,1-7H3,(H6-,61,62,63,64,65,66,71,72,73,74,75,77,78,79,80,81,82). The molecule has 4 aromatic rings. The summed E-state index contributed by atoms with van der Waals surface area (Å²) in [5.74, 6) is -0.133. The van der Waals surface area contributed by atoms with Gasteiger partial charge in [-0.2, -0.15) is 13.0 Å². The molecule has 0 atom stereocenters. The Bertz CT molecular complexity index is 3690. The van der Waals surface area contributed by atoms with E-state index in [9.17, 15) is 54.7 Å². The molecular formula is C60H80N10O12S2. The maximum absolute atomic E-state index is 13.6. The molecule has 2 aliphatic heterocycles. The molecule has 4 amide bonds. The predicted octanol–water partition coefficient (Wildman–Crippen LogP) is 5.75. The molecule has 0 spiro atoms. The largest absolute Gasteiger partial charge is 0.744 e. The molecule has 9 rings (SSSR count). The number of nitrogens with one attached hydrogen (secondary N) is 5. The molecule has 0 saturated heterocycles. The number of H-pyrrole nitrogens is 1. The van der Waals surface area contributed by atoms with Gasteiger partial charge in [0, 0.05) is 110 Å². The number of aryl methyl sites for hydroxylation is 1. The van der Waals surface area contributed by atoms with E-state index in [-0.39, 0.29) is 95.5 Å². The highest BCUT2D eigenvalue weighted by Gasteiger charge is 2.54. The van der Waals surface area contributed by atoms with Gasteiger partial charge < -0.3 is 35.7 Å². The highest BCUT2D eigenvalue weighted by Crippen LogP contribution is 2.57. The van der Waals surface area contributed by atoms with E-state index < -0.39 is 36.5 Å². The number of aromatic amines is 1. The van der Waals surface area contributed by atoms with Crippen LogP contribution in [0.4, 0.5) is 11.4 Å². The summed E-state index contributed by atoms with van der Waals surface area (Å²) >= 11 is 0. The van der Waals surface area contributed by atoms with Crippen LogP contribution in [0.1, 0.15) is 148 Å². The Hall–Kier alpha value is -7.02. The van der Waals surface area contributed by atoms with Crippen molar-refractivity contribution in [3.8, 4) is 0 Å². The van der Waals surface area contributed by atoms with Gasteiger partial charge in [0.2, 0.25) is 29.3 Å². The summed E-state index contributed by atoms with van der Waals surface area (Å²) in [5.41, 5.74) is 2.78. The van der Waals surface area contributed by atoms with Crippen LogP contribution < -0.4 is 37.4 Å². The molecule has 2 aromatic heterocycles. The van der Waals surface area contributed by atoms with Crippen LogP contribution in [0.25, 0.3) is 11.2 Å². The summed E-state index contributed by atoms with van der Waals surface area (Å²) in [4.78, 5) is 87.9. The van der Waals surface area contributed by atoms with Gasteiger partial charge in [0.25, 0.3) is 15.7 Å². The van der Waals surface area contributed by atoms with Crippen LogP contribution in [0.15, 0.2) is 91.9 Å². The van der Waals surface area contributed by atoms with Gasteiger partial charge >= 0.3 is 5.69 Å². The van der Waals surface area contributed by atoms with E-state index >= 15 is 0 Å². The molecule has 3 fully saturated rings. The first-order valence-electron chi connectivity index (χ1n) is 29.2. The topological polar surface area (TPSA) is 307 Å². The molecule has 2 bridgehead atoms. The number of rotatable bonds is 26. The summed E-state index contributed by atoms with van der Waals surface area (Å²) in [6, 6.07) is 8.95. The number of carbonyl (C=O) groups excluding carboxylic acids is 4. The molecular weight excluding hydrogens is 1120 g/mol. The summed E-state index contributed by atoms with van der Waals surface area (Å²) in [6.07, 6.45) is 17.2. The molecule has 0 unspecified atom stereocenters. The summed E-state index contributed by atoms with van der Waals surface area (Å²) in [5, 5.41) is 11.3. The lowest BCUT2D eigenvalue weighted by molar-refractivity contribution is -0.401. The summed E-state index contributed by atoms with van der Waals surface area (Å²) < 4.78 is 74.5. The van der Waals surface area contributed by atoms with Crippen molar-refractivity contribution in [1.29, 1.82) is 0 Å². The first-order valence-corrected chi connectivity index (χ1v) is 32.0. The third-order valence-corrected chi connectivity index (χ3v) is 19.2. The molecule has 2 aromatic carbocycles. The minimum Gasteiger partial charge on any atom is -0.744 e. The monoisotopic (exact) mass is 1200 g/mol. The molecule has 3 aliphatic carbocycles. The number of fused-ring (bicyclic) bond motifs is 6. The number of imidazole rings is 1. The Morgan fingerprint density at radius 2 is 1.31 bits per heavy atom. The van der Waals surface area contributed by atoms with Crippen LogP contribution in [0.5, 0.6) is 0 Å². The zero-order valence-corrected chi connectivity index (χ0v) is 50.8. The van der Waals surface area contributed by atoms with Gasteiger partial charge in [-0.1, -0.05) is 52.3 Å². The number of unbranched alkanes of at least 4 members (excludes halogenated alkanes) is 2. The maximum atomic E-state index is 13.6. The van der Waals surface area contributed by atoms with Gasteiger partial charge in [0.1, 0.15) is 28.5 Å². The number of benzene rings is 2. The summed E-state index contributed by atoms with van der Waals surface area (Å²) in [7, 11) is -7.21. The quantitative estimate of drug-likeness (QED) is 0.0189. The predicted molar refractivity (Wildman–Crippen MR) is 318 cm³/mol. The van der Waals surface area contributed by atoms with Crippen LogP contribution >= 0.6 is 0 Å². The maximum Gasteiger partial charge on any atom is 0.332 e. The Morgan fingerprint density at radius 3 is 1.94 bits per heavy atom. The van der Waals surface area contributed by atoms with E-state index in [1.807, 2.05) is 83.5 Å². The van der Waals surface area contributed by atoms with Crippen LogP contribution in [0.2, 0.25) is 0 Å². The second-order valence-electron chi connectivity index (χ2n) is 23.8. The van der Waals surface area contributed by atoms with Crippen molar-refractivity contribution in [1.82, 2.24) is 40.4 Å². The molecule has 22 nitrogen and oxygen atoms in total. The Kier molecular flexibility index (Phi) is 19.0. The van der Waals surface area contributed by atoms with Crippen molar-refractivity contribution in [2.75, 3.05) is 44.7 Å². The Balaban J connectivity index is 0.726. The van der Waals surface area contributed by atoms with Gasteiger partial charge in [-0.05, 0) is 120 Å². The minimum absolute atomic E-state index is 0.0316. The van der Waals surface area contributed by atoms with Gasteiger partial charge in [-0.25, -0.2) is 18.2 Å². The first-order chi connectivity index (χ1) is 39.7. The van der Waals surface area contributed by atoms with Crippen LogP contribution in [0.3, 0.4) is 0 Å². The average Bonchev–Trinajstić information content (AvgIpc) is 2.26. The molecule has 6 N–H and O–H groups in total. The van der Waals surface area contributed by atoms with E-state index in [1.165, 1.54) is 28.8 Å². The lowest BCUT2D eigenvalue weighted by Crippen LogP contribution is -2.52. The number of hydrogen-bond acceptors (Lipinski definition) is 13. The molecule has 4 heterocycles. The third kappa shape index (κ3) is 13.1. The summed E-state index contributed by atoms with van der Waals surface area (Å²) in [6.45, 7) is 13.8. The van der Waals surface area contributed by atoms with Crippen molar-refractivity contribution in [3.63, 3.8) is 0 Å². The Labute approximate surface area is 490 Å². The highest BCUT2D eigenvalue weighted by molar-refractivity contribution is 7.86. The number of anilines is 1. The van der Waals surface area contributed by atoms with E-state index in [4.69, 9.17) is 4.98 Å². The van der Waals surface area contributed by atoms with Crippen LogP contribution in [-0.2, 0) is 68.7 Å². The zero-order valence-electron chi connectivity index (χ0n) is 49.2. The van der Waals surface area contributed by atoms with Crippen LogP contribution in [0, 0.1) is 5.41 Å². The fourth-order valence-electron chi connectivity index (χ4n) is 12.7. The fourth-order valence-corrected chi connectivity index (χ4v) is 13.7. The SMILES string of the molecule is CCCn1c(=O)c2[nH]c(C34CCC(C(=O)NCCNC(=O)CCNC(=O)CCNC(=O)CCCCCN5/C(=C/C=C/C=C/C6=[N+](C)c7ccc(S(=O)(=O)O)cc7C6(C)C)C(C)(C)c6cc(S(=O)(=O)[O-])ccc65)(CC3)CC4)nc2n(CCC)c1=O. The van der Waals surface area contributed by atoms with E-state index in [0.717, 1.165) is 47.6 Å². The number of aromatic nitrogens is 4. The van der Waals surface area contributed by atoms with Crippen molar-refractivity contribution >= 4 is 72.1 Å². The van der Waals surface area contributed by atoms with Crippen molar-refractivity contribution in [2.45, 2.75) is 171 Å². The Morgan fingerprint density at radius 1 is 0.714 bits per heavy atom. The average molecular weight is 1200 g/mol. The number of amides is 4. The van der Waals surface area contributed by atoms with Crippen molar-refractivity contribution < 1.29 is 49.7 Å². The second kappa shape index (κ2) is 25.3. The molecule has 24 heteroatoms. The number of carbonyl (C=O) groups is 4. The van der Waals surface area contributed by atoms with E-state index in [0.29, 0.717) is 93.6 Å². The van der Waals surface area contributed by atoms with Gasteiger partial charge in [-0.15, -0.1) is 0 Å². The zero-order chi connectivity index (χ0) is 61.0. The molecule has 454 valence electrons. The third-order valence-electron chi connectivity index (χ3n) is 17.5. The van der Waals surface area contributed by atoms with Crippen molar-refractivity contribution in [3.05, 3.63) is 110 Å². The lowest BCUT2D eigenvalue weighted by atomic mass is 9.53. The second-order valence-corrected chi connectivity index (χ2v) is 26.6. The fraction of sp³-hybridized carbons (Fsp3) is 0.533. The lowest BCUT2D eigenvalue weighted by Gasteiger charge is -2.51. The minimum atomic E-state index is -4.71. The van der Waals surface area contributed by atoms with Crippen molar-refractivity contribution in [2.24, 2.45) is 5.41 Å². The van der Waals surface area contributed by atoms with Gasteiger partial charge in [-0.3, -0.25) is 37.7 Å². The van der Waals surface area contributed by atoms with Gasteiger partial charge in [0.05, 0.1) is 15.2 Å².